The van der Waals surface area contributed by atoms with Gasteiger partial charge in [0.25, 0.3) is 5.56 Å². The van der Waals surface area contributed by atoms with Crippen molar-refractivity contribution in [2.24, 2.45) is 7.05 Å². The van der Waals surface area contributed by atoms with E-state index in [0.29, 0.717) is 22.5 Å². The number of fused-ring (bicyclic) bond motifs is 1. The van der Waals surface area contributed by atoms with Gasteiger partial charge in [0.2, 0.25) is 5.91 Å². The molecule has 1 amide bonds. The zero-order valence-electron chi connectivity index (χ0n) is 16.3. The average Bonchev–Trinajstić information content (AvgIpc) is 3.02. The highest BCUT2D eigenvalue weighted by atomic mass is 32.2. The summed E-state index contributed by atoms with van der Waals surface area (Å²) in [5, 5.41) is 1.01. The number of aromatic nitrogens is 2. The molecular formula is C19H25N3O4S2. The molecule has 0 N–H and O–H groups in total. The molecule has 0 radical (unpaired) electrons. The maximum Gasteiger partial charge on any atom is 0.261 e. The molecular weight excluding hydrogens is 398 g/mol. The first-order chi connectivity index (χ1) is 13.2. The van der Waals surface area contributed by atoms with Crippen molar-refractivity contribution in [1.29, 1.82) is 0 Å². The molecule has 1 saturated heterocycles. The van der Waals surface area contributed by atoms with Crippen LogP contribution >= 0.6 is 11.8 Å². The van der Waals surface area contributed by atoms with Crippen LogP contribution in [0.3, 0.4) is 0 Å². The summed E-state index contributed by atoms with van der Waals surface area (Å²) in [4.78, 5) is 31.7. The average molecular weight is 424 g/mol. The van der Waals surface area contributed by atoms with Crippen molar-refractivity contribution in [3.05, 3.63) is 34.6 Å². The molecule has 0 bridgehead atoms. The van der Waals surface area contributed by atoms with Gasteiger partial charge in [0.1, 0.15) is 0 Å². The SMILES string of the molecule is CC[C@H](C)N(C(=O)CSc1nc2ccccc2c(=O)n1C)[C@@H]1CCS(=O)(=O)C1. The van der Waals surface area contributed by atoms with E-state index in [2.05, 4.69) is 4.98 Å². The van der Waals surface area contributed by atoms with Crippen LogP contribution in [-0.2, 0) is 21.7 Å². The Morgan fingerprint density at radius 2 is 2.11 bits per heavy atom. The third-order valence-electron chi connectivity index (χ3n) is 5.22. The Morgan fingerprint density at radius 3 is 2.75 bits per heavy atom. The van der Waals surface area contributed by atoms with Crippen molar-refractivity contribution < 1.29 is 13.2 Å². The molecule has 28 heavy (non-hydrogen) atoms. The number of hydrogen-bond donors (Lipinski definition) is 0. The molecule has 1 aliphatic heterocycles. The third-order valence-corrected chi connectivity index (χ3v) is 7.99. The van der Waals surface area contributed by atoms with E-state index in [1.807, 2.05) is 19.9 Å². The lowest BCUT2D eigenvalue weighted by Crippen LogP contribution is -2.47. The Morgan fingerprint density at radius 1 is 1.39 bits per heavy atom. The lowest BCUT2D eigenvalue weighted by molar-refractivity contribution is -0.132. The second-order valence-corrected chi connectivity index (χ2v) is 10.4. The number of benzene rings is 1. The van der Waals surface area contributed by atoms with Gasteiger partial charge >= 0.3 is 0 Å². The highest BCUT2D eigenvalue weighted by Crippen LogP contribution is 2.24. The standard InChI is InChI=1S/C19H25N3O4S2/c1-4-13(2)22(14-9-10-28(25,26)12-14)17(23)11-27-19-20-16-8-6-5-7-15(16)18(24)21(19)3/h5-8,13-14H,4,9-12H2,1-3H3/t13-,14+/m0/s1. The van der Waals surface area contributed by atoms with Crippen molar-refractivity contribution in [2.75, 3.05) is 17.3 Å². The number of carbonyl (C=O) groups is 1. The van der Waals surface area contributed by atoms with Gasteiger partial charge in [-0.25, -0.2) is 13.4 Å². The summed E-state index contributed by atoms with van der Waals surface area (Å²) in [7, 11) is -1.43. The second-order valence-electron chi connectivity index (χ2n) is 7.18. The summed E-state index contributed by atoms with van der Waals surface area (Å²) in [5.41, 5.74) is 0.447. The molecule has 2 aromatic rings. The summed E-state index contributed by atoms with van der Waals surface area (Å²) in [6.45, 7) is 3.92. The first-order valence-electron chi connectivity index (χ1n) is 9.33. The van der Waals surface area contributed by atoms with Gasteiger partial charge in [-0.15, -0.1) is 0 Å². The fourth-order valence-corrected chi connectivity index (χ4v) is 6.08. The molecule has 0 aliphatic carbocycles. The molecule has 152 valence electrons. The molecule has 1 fully saturated rings. The molecule has 1 aliphatic rings. The third kappa shape index (κ3) is 4.25. The Hall–Kier alpha value is -1.87. The largest absolute Gasteiger partial charge is 0.335 e. The summed E-state index contributed by atoms with van der Waals surface area (Å²) in [5.74, 6) is 0.148. The number of thioether (sulfide) groups is 1. The van der Waals surface area contributed by atoms with Crippen LogP contribution in [-0.4, -0.2) is 58.1 Å². The number of amides is 1. The van der Waals surface area contributed by atoms with Crippen LogP contribution in [0.5, 0.6) is 0 Å². The second kappa shape index (κ2) is 8.24. The predicted molar refractivity (Wildman–Crippen MR) is 111 cm³/mol. The summed E-state index contributed by atoms with van der Waals surface area (Å²) in [6.07, 6.45) is 1.23. The number of sulfone groups is 1. The first-order valence-corrected chi connectivity index (χ1v) is 12.1. The summed E-state index contributed by atoms with van der Waals surface area (Å²) >= 11 is 1.21. The summed E-state index contributed by atoms with van der Waals surface area (Å²) in [6, 6.07) is 6.80. The van der Waals surface area contributed by atoms with Gasteiger partial charge in [-0.05, 0) is 31.9 Å². The Labute approximate surface area is 169 Å². The molecule has 0 unspecified atom stereocenters. The lowest BCUT2D eigenvalue weighted by atomic mass is 10.1. The molecule has 3 rings (SSSR count). The van der Waals surface area contributed by atoms with Crippen LogP contribution in [0.15, 0.2) is 34.2 Å². The van der Waals surface area contributed by atoms with Gasteiger partial charge < -0.3 is 4.90 Å². The van der Waals surface area contributed by atoms with Gasteiger partial charge in [0.15, 0.2) is 15.0 Å². The number of carbonyl (C=O) groups excluding carboxylic acids is 1. The fourth-order valence-electron chi connectivity index (χ4n) is 3.53. The Bertz CT molecular complexity index is 1050. The van der Waals surface area contributed by atoms with Crippen LogP contribution < -0.4 is 5.56 Å². The highest BCUT2D eigenvalue weighted by Gasteiger charge is 2.36. The van der Waals surface area contributed by atoms with E-state index < -0.39 is 9.84 Å². The Kier molecular flexibility index (Phi) is 6.14. The van der Waals surface area contributed by atoms with E-state index >= 15 is 0 Å². The highest BCUT2D eigenvalue weighted by molar-refractivity contribution is 7.99. The molecule has 0 spiro atoms. The molecule has 2 heterocycles. The van der Waals surface area contributed by atoms with Crippen LogP contribution in [0.2, 0.25) is 0 Å². The van der Waals surface area contributed by atoms with E-state index in [-0.39, 0.29) is 40.8 Å². The van der Waals surface area contributed by atoms with Gasteiger partial charge in [-0.3, -0.25) is 14.2 Å². The number of hydrogen-bond acceptors (Lipinski definition) is 6. The number of nitrogens with zero attached hydrogens (tertiary/aromatic N) is 3. The molecule has 1 aromatic heterocycles. The monoisotopic (exact) mass is 423 g/mol. The van der Waals surface area contributed by atoms with E-state index in [4.69, 9.17) is 0 Å². The molecule has 2 atom stereocenters. The maximum absolute atomic E-state index is 13.0. The maximum atomic E-state index is 13.0. The van der Waals surface area contributed by atoms with Crippen molar-refractivity contribution in [2.45, 2.75) is 43.9 Å². The van der Waals surface area contributed by atoms with E-state index in [1.165, 1.54) is 16.3 Å². The molecule has 7 nitrogen and oxygen atoms in total. The first kappa shape index (κ1) is 20.9. The number of rotatable bonds is 6. The topological polar surface area (TPSA) is 89.3 Å². The zero-order valence-corrected chi connectivity index (χ0v) is 17.9. The Balaban J connectivity index is 1.80. The minimum absolute atomic E-state index is 0.0282. The minimum Gasteiger partial charge on any atom is -0.335 e. The number of para-hydroxylation sites is 1. The molecule has 1 aromatic carbocycles. The van der Waals surface area contributed by atoms with Crippen molar-refractivity contribution in [3.8, 4) is 0 Å². The van der Waals surface area contributed by atoms with Gasteiger partial charge in [-0.2, -0.15) is 0 Å². The van der Waals surface area contributed by atoms with E-state index in [1.54, 1.807) is 30.1 Å². The van der Waals surface area contributed by atoms with Crippen LogP contribution in [0, 0.1) is 0 Å². The summed E-state index contributed by atoms with van der Waals surface area (Å²) < 4.78 is 25.2. The quantitative estimate of drug-likeness (QED) is 0.520. The smallest absolute Gasteiger partial charge is 0.261 e. The molecule has 9 heteroatoms. The van der Waals surface area contributed by atoms with Crippen molar-refractivity contribution >= 4 is 38.4 Å². The van der Waals surface area contributed by atoms with E-state index in [9.17, 15) is 18.0 Å². The fraction of sp³-hybridized carbons (Fsp3) is 0.526. The zero-order chi connectivity index (χ0) is 20.5. The van der Waals surface area contributed by atoms with E-state index in [0.717, 1.165) is 6.42 Å². The van der Waals surface area contributed by atoms with Crippen LogP contribution in [0.1, 0.15) is 26.7 Å². The normalized spacial score (nSPS) is 19.6. The van der Waals surface area contributed by atoms with Gasteiger partial charge in [0.05, 0.1) is 28.2 Å². The van der Waals surface area contributed by atoms with Crippen LogP contribution in [0.4, 0.5) is 0 Å². The molecule has 0 saturated carbocycles. The van der Waals surface area contributed by atoms with Gasteiger partial charge in [0, 0.05) is 19.1 Å². The van der Waals surface area contributed by atoms with Crippen molar-refractivity contribution in [1.82, 2.24) is 14.5 Å². The van der Waals surface area contributed by atoms with Crippen LogP contribution in [0.25, 0.3) is 10.9 Å². The lowest BCUT2D eigenvalue weighted by Gasteiger charge is -2.33. The predicted octanol–water partition coefficient (Wildman–Crippen LogP) is 1.84. The van der Waals surface area contributed by atoms with Gasteiger partial charge in [-0.1, -0.05) is 30.8 Å². The minimum atomic E-state index is -3.08. The van der Waals surface area contributed by atoms with Crippen molar-refractivity contribution in [3.63, 3.8) is 0 Å².